The molecule has 238 valence electrons. The Morgan fingerprint density at radius 2 is 0.756 bits per heavy atom. The zero-order valence-corrected chi connectivity index (χ0v) is 26.8. The van der Waals surface area contributed by atoms with Crippen molar-refractivity contribution in [2.24, 2.45) is 0 Å². The molecule has 0 aliphatic heterocycles. The molecule has 0 spiro atoms. The van der Waals surface area contributed by atoms with Crippen LogP contribution in [0.25, 0.3) is 0 Å². The third-order valence-corrected chi connectivity index (χ3v) is 9.42. The van der Waals surface area contributed by atoms with E-state index in [9.17, 15) is 4.79 Å². The third-order valence-electron chi connectivity index (χ3n) is 9.42. The van der Waals surface area contributed by atoms with Gasteiger partial charge in [0.05, 0.1) is 18.3 Å². The predicted octanol–water partition coefficient (Wildman–Crippen LogP) is 10.5. The summed E-state index contributed by atoms with van der Waals surface area (Å²) in [6.45, 7) is 5.51. The van der Waals surface area contributed by atoms with Gasteiger partial charge in [0.1, 0.15) is 0 Å². The van der Waals surface area contributed by atoms with Gasteiger partial charge in [-0.2, -0.15) is 0 Å². The Morgan fingerprint density at radius 1 is 0.512 bits per heavy atom. The Hall–Kier alpha value is -0.910. The lowest BCUT2D eigenvalue weighted by molar-refractivity contribution is -0.429. The lowest BCUT2D eigenvalue weighted by Gasteiger charge is -2.41. The normalized spacial score (nSPS) is 23.3. The Morgan fingerprint density at radius 3 is 1.00 bits per heavy atom. The number of hydrogen-bond acceptors (Lipinski definition) is 5. The molecule has 3 fully saturated rings. The van der Waals surface area contributed by atoms with E-state index in [1.807, 2.05) is 0 Å². The van der Waals surface area contributed by atoms with Crippen molar-refractivity contribution in [1.29, 1.82) is 0 Å². The fourth-order valence-electron chi connectivity index (χ4n) is 6.89. The van der Waals surface area contributed by atoms with Gasteiger partial charge >= 0.3 is 11.9 Å². The largest absolute Gasteiger partial charge is 0.454 e. The standard InChI is InChI=1S/C36H64O5/c1-31(2)35(37)38-30-36(39-32-24-18-12-6-3-7-13-19-25-32,40-33-26-20-14-8-4-9-15-21-27-33)41-34-28-22-16-10-5-11-17-23-29-34/h32-34H,1,3-30H2,2H3. The summed E-state index contributed by atoms with van der Waals surface area (Å²) in [5.41, 5.74) is 0.398. The van der Waals surface area contributed by atoms with E-state index in [4.69, 9.17) is 18.9 Å². The molecule has 3 aliphatic carbocycles. The first-order valence-corrected chi connectivity index (χ1v) is 17.9. The van der Waals surface area contributed by atoms with Gasteiger partial charge in [0.25, 0.3) is 0 Å². The molecule has 5 heteroatoms. The Balaban J connectivity index is 1.87. The van der Waals surface area contributed by atoms with Crippen LogP contribution in [0.1, 0.15) is 180 Å². The Bertz CT molecular complexity index is 607. The minimum atomic E-state index is -1.36. The summed E-state index contributed by atoms with van der Waals surface area (Å²) in [5, 5.41) is 0. The van der Waals surface area contributed by atoms with Crippen molar-refractivity contribution in [2.45, 2.75) is 205 Å². The van der Waals surface area contributed by atoms with E-state index in [0.29, 0.717) is 5.57 Å². The summed E-state index contributed by atoms with van der Waals surface area (Å²) in [6.07, 6.45) is 32.7. The maximum atomic E-state index is 12.7. The van der Waals surface area contributed by atoms with Crippen LogP contribution in [-0.4, -0.2) is 36.9 Å². The second-order valence-corrected chi connectivity index (χ2v) is 13.4. The lowest BCUT2D eigenvalue weighted by Crippen LogP contribution is -2.51. The molecular weight excluding hydrogens is 512 g/mol. The van der Waals surface area contributed by atoms with Crippen molar-refractivity contribution >= 4 is 5.97 Å². The van der Waals surface area contributed by atoms with Crippen LogP contribution in [0.5, 0.6) is 0 Å². The van der Waals surface area contributed by atoms with Gasteiger partial charge in [-0.25, -0.2) is 4.79 Å². The number of hydrogen-bond donors (Lipinski definition) is 0. The monoisotopic (exact) mass is 576 g/mol. The van der Waals surface area contributed by atoms with E-state index in [1.165, 1.54) is 135 Å². The maximum absolute atomic E-state index is 12.7. The highest BCUT2D eigenvalue weighted by molar-refractivity contribution is 5.86. The molecule has 0 N–H and O–H groups in total. The van der Waals surface area contributed by atoms with Crippen LogP contribution >= 0.6 is 0 Å². The first-order chi connectivity index (χ1) is 20.1. The first kappa shape index (κ1) is 34.6. The lowest BCUT2D eigenvalue weighted by atomic mass is 9.98. The van der Waals surface area contributed by atoms with Crippen molar-refractivity contribution in [2.75, 3.05) is 6.61 Å². The van der Waals surface area contributed by atoms with Crippen LogP contribution < -0.4 is 0 Å². The summed E-state index contributed by atoms with van der Waals surface area (Å²) >= 11 is 0. The second kappa shape index (κ2) is 20.9. The minimum Gasteiger partial charge on any atom is -0.454 e. The number of rotatable bonds is 9. The molecule has 0 saturated heterocycles. The van der Waals surface area contributed by atoms with Gasteiger partial charge in [-0.3, -0.25) is 0 Å². The molecule has 0 amide bonds. The van der Waals surface area contributed by atoms with Gasteiger partial charge in [0, 0.05) is 5.57 Å². The summed E-state index contributed by atoms with van der Waals surface area (Å²) in [7, 11) is 0. The van der Waals surface area contributed by atoms with Gasteiger partial charge in [0.2, 0.25) is 0 Å². The van der Waals surface area contributed by atoms with Gasteiger partial charge in [-0.15, -0.1) is 0 Å². The molecule has 5 nitrogen and oxygen atoms in total. The first-order valence-electron chi connectivity index (χ1n) is 17.9. The van der Waals surface area contributed by atoms with Crippen LogP contribution in [0.3, 0.4) is 0 Å². The van der Waals surface area contributed by atoms with Crippen LogP contribution in [0.15, 0.2) is 12.2 Å². The molecule has 3 rings (SSSR count). The van der Waals surface area contributed by atoms with E-state index in [2.05, 4.69) is 6.58 Å². The zero-order chi connectivity index (χ0) is 29.0. The van der Waals surface area contributed by atoms with E-state index in [-0.39, 0.29) is 24.9 Å². The Kier molecular flexibility index (Phi) is 17.6. The summed E-state index contributed by atoms with van der Waals surface area (Å²) < 4.78 is 27.0. The topological polar surface area (TPSA) is 54.0 Å². The quantitative estimate of drug-likeness (QED) is 0.155. The molecule has 0 bridgehead atoms. The highest BCUT2D eigenvalue weighted by Gasteiger charge is 2.43. The van der Waals surface area contributed by atoms with E-state index >= 15 is 0 Å². The zero-order valence-electron chi connectivity index (χ0n) is 26.8. The van der Waals surface area contributed by atoms with Crippen molar-refractivity contribution in [3.05, 3.63) is 12.2 Å². The highest BCUT2D eigenvalue weighted by atomic mass is 16.9. The third kappa shape index (κ3) is 14.9. The van der Waals surface area contributed by atoms with E-state index < -0.39 is 11.9 Å². The molecule has 0 heterocycles. The van der Waals surface area contributed by atoms with Crippen molar-refractivity contribution in [3.63, 3.8) is 0 Å². The molecular formula is C36H64O5. The molecule has 0 aromatic carbocycles. The van der Waals surface area contributed by atoms with Crippen LogP contribution in [-0.2, 0) is 23.7 Å². The fourth-order valence-corrected chi connectivity index (χ4v) is 6.89. The highest BCUT2D eigenvalue weighted by Crippen LogP contribution is 2.33. The number of ether oxygens (including phenoxy) is 4. The summed E-state index contributed by atoms with van der Waals surface area (Å²) in [5.74, 6) is -1.75. The van der Waals surface area contributed by atoms with E-state index in [0.717, 1.165) is 38.5 Å². The number of carbonyl (C=O) groups excluding carboxylic acids is 1. The van der Waals surface area contributed by atoms with Crippen molar-refractivity contribution < 1.29 is 23.7 Å². The molecule has 41 heavy (non-hydrogen) atoms. The Labute approximate surface area is 252 Å². The molecule has 0 radical (unpaired) electrons. The van der Waals surface area contributed by atoms with Gasteiger partial charge in [-0.05, 0) is 45.4 Å². The number of esters is 1. The summed E-state index contributed by atoms with van der Waals surface area (Å²) in [6, 6.07) is 0. The molecule has 3 aliphatic rings. The molecule has 0 unspecified atom stereocenters. The average molecular weight is 577 g/mol. The van der Waals surface area contributed by atoms with E-state index in [1.54, 1.807) is 6.92 Å². The molecule has 0 atom stereocenters. The second-order valence-electron chi connectivity index (χ2n) is 13.4. The fraction of sp³-hybridized carbons (Fsp3) is 0.917. The molecule has 0 aromatic heterocycles. The average Bonchev–Trinajstić information content (AvgIpc) is 2.97. The van der Waals surface area contributed by atoms with Crippen LogP contribution in [0, 0.1) is 0 Å². The van der Waals surface area contributed by atoms with Crippen LogP contribution in [0.4, 0.5) is 0 Å². The van der Waals surface area contributed by atoms with Crippen LogP contribution in [0.2, 0.25) is 0 Å². The molecule has 0 aromatic rings. The van der Waals surface area contributed by atoms with Gasteiger partial charge < -0.3 is 18.9 Å². The maximum Gasteiger partial charge on any atom is 0.333 e. The number of carbonyl (C=O) groups is 1. The minimum absolute atomic E-state index is 0.0256. The SMILES string of the molecule is C=C(C)C(=O)OCC(OC1CCCCCCCCC1)(OC1CCCCCCCCC1)OC1CCCCCCCCC1. The van der Waals surface area contributed by atoms with Crippen molar-refractivity contribution in [3.8, 4) is 0 Å². The van der Waals surface area contributed by atoms with Crippen molar-refractivity contribution in [1.82, 2.24) is 0 Å². The van der Waals surface area contributed by atoms with Gasteiger partial charge in [0.15, 0.2) is 6.61 Å². The smallest absolute Gasteiger partial charge is 0.333 e. The van der Waals surface area contributed by atoms with Gasteiger partial charge in [-0.1, -0.05) is 141 Å². The molecule has 3 saturated carbocycles. The summed E-state index contributed by atoms with van der Waals surface area (Å²) in [4.78, 5) is 12.7. The predicted molar refractivity (Wildman–Crippen MR) is 168 cm³/mol.